The van der Waals surface area contributed by atoms with Gasteiger partial charge in [0.05, 0.1) is 0 Å². The Morgan fingerprint density at radius 2 is 1.91 bits per heavy atom. The number of carbonyl (C=O) groups is 1. The second-order valence-electron chi connectivity index (χ2n) is 8.42. The summed E-state index contributed by atoms with van der Waals surface area (Å²) in [6, 6.07) is 0.541. The quantitative estimate of drug-likeness (QED) is 0.607. The van der Waals surface area contributed by atoms with Crippen molar-refractivity contribution in [3.8, 4) is 0 Å². The maximum Gasteiger partial charge on any atom is 0.222 e. The van der Waals surface area contributed by atoms with Crippen molar-refractivity contribution in [3.63, 3.8) is 0 Å². The van der Waals surface area contributed by atoms with E-state index in [0.29, 0.717) is 17.4 Å². The number of piperidine rings is 1. The third kappa shape index (κ3) is 2.00. The smallest absolute Gasteiger partial charge is 0.222 e. The number of hydrogen-bond acceptors (Lipinski definition) is 1. The first-order valence-corrected chi connectivity index (χ1v) is 10.0. The van der Waals surface area contributed by atoms with E-state index < -0.39 is 0 Å². The number of amides is 1. The minimum Gasteiger partial charge on any atom is -0.342 e. The molecule has 0 spiro atoms. The lowest BCUT2D eigenvalue weighted by Gasteiger charge is -2.56. The van der Waals surface area contributed by atoms with E-state index in [9.17, 15) is 4.79 Å². The third-order valence-corrected chi connectivity index (χ3v) is 8.45. The normalized spacial score (nSPS) is 49.8. The molecular weight excluding hydrogens is 338 g/mol. The molecular formula is C19H28BrNO. The highest BCUT2D eigenvalue weighted by atomic mass is 79.9. The Morgan fingerprint density at radius 1 is 1.09 bits per heavy atom. The first kappa shape index (κ1) is 15.2. The number of rotatable bonds is 0. The molecule has 0 radical (unpaired) electrons. The Hall–Kier alpha value is -0.310. The van der Waals surface area contributed by atoms with E-state index in [1.54, 1.807) is 5.57 Å². The molecule has 1 heterocycles. The van der Waals surface area contributed by atoms with Gasteiger partial charge in [-0.2, -0.15) is 0 Å². The van der Waals surface area contributed by atoms with Gasteiger partial charge in [-0.15, -0.1) is 0 Å². The van der Waals surface area contributed by atoms with Crippen LogP contribution >= 0.6 is 15.9 Å². The predicted octanol–water partition coefficient (Wildman–Crippen LogP) is 4.74. The summed E-state index contributed by atoms with van der Waals surface area (Å²) >= 11 is 3.63. The lowest BCUT2D eigenvalue weighted by Crippen LogP contribution is -2.55. The zero-order valence-electron chi connectivity index (χ0n) is 13.9. The van der Waals surface area contributed by atoms with Crippen molar-refractivity contribution >= 4 is 21.8 Å². The summed E-state index contributed by atoms with van der Waals surface area (Å²) in [5.41, 5.74) is 2.11. The van der Waals surface area contributed by atoms with E-state index in [1.165, 1.54) is 38.5 Å². The minimum atomic E-state index is 0.380. The van der Waals surface area contributed by atoms with Gasteiger partial charge in [-0.1, -0.05) is 28.4 Å². The molecule has 1 aliphatic heterocycles. The molecule has 3 aliphatic carbocycles. The zero-order valence-corrected chi connectivity index (χ0v) is 15.4. The third-order valence-electron chi connectivity index (χ3n) is 7.89. The van der Waals surface area contributed by atoms with Crippen molar-refractivity contribution in [2.45, 2.75) is 64.3 Å². The highest BCUT2D eigenvalue weighted by Gasteiger charge is 2.55. The van der Waals surface area contributed by atoms with Gasteiger partial charge in [-0.3, -0.25) is 4.79 Å². The molecule has 0 aromatic rings. The summed E-state index contributed by atoms with van der Waals surface area (Å²) in [5, 5.41) is 0. The molecule has 122 valence electrons. The molecule has 2 nitrogen and oxygen atoms in total. The predicted molar refractivity (Wildman–Crippen MR) is 92.6 cm³/mol. The standard InChI is InChI=1S/C19H28BrNO/c1-19-10-9-13-14(16(19)6-3-12(19)11-20)4-7-17-15(13)5-8-18(22)21(17)2/h11,13-17H,3-10H2,1-2H3/b12-11+/t13-,14+,15+,16-,17+,19+/m0/s1. The Kier molecular flexibility index (Phi) is 3.71. The van der Waals surface area contributed by atoms with E-state index in [1.807, 2.05) is 7.05 Å². The highest BCUT2D eigenvalue weighted by molar-refractivity contribution is 9.11. The van der Waals surface area contributed by atoms with Gasteiger partial charge < -0.3 is 4.90 Å². The number of nitrogens with zero attached hydrogens (tertiary/aromatic N) is 1. The van der Waals surface area contributed by atoms with Crippen molar-refractivity contribution in [2.75, 3.05) is 7.05 Å². The zero-order chi connectivity index (χ0) is 15.5. The van der Waals surface area contributed by atoms with Gasteiger partial charge in [-0.05, 0) is 79.0 Å². The maximum absolute atomic E-state index is 12.0. The Morgan fingerprint density at radius 3 is 2.68 bits per heavy atom. The van der Waals surface area contributed by atoms with E-state index in [4.69, 9.17) is 0 Å². The van der Waals surface area contributed by atoms with Crippen LogP contribution in [0.2, 0.25) is 0 Å². The topological polar surface area (TPSA) is 20.3 Å². The Bertz CT molecular complexity index is 516. The molecule has 4 fully saturated rings. The number of halogens is 1. The Balaban J connectivity index is 1.60. The molecule has 0 unspecified atom stereocenters. The van der Waals surface area contributed by atoms with Crippen LogP contribution in [0, 0.1) is 29.1 Å². The molecule has 3 saturated carbocycles. The molecule has 1 amide bonds. The van der Waals surface area contributed by atoms with E-state index in [-0.39, 0.29) is 0 Å². The van der Waals surface area contributed by atoms with Crippen LogP contribution in [-0.2, 0) is 4.79 Å². The molecule has 6 atom stereocenters. The van der Waals surface area contributed by atoms with Crippen molar-refractivity contribution in [3.05, 3.63) is 10.6 Å². The van der Waals surface area contributed by atoms with Crippen LogP contribution in [-0.4, -0.2) is 23.9 Å². The maximum atomic E-state index is 12.0. The molecule has 4 aliphatic rings. The number of carbonyl (C=O) groups excluding carboxylic acids is 1. The fraction of sp³-hybridized carbons (Fsp3) is 0.842. The van der Waals surface area contributed by atoms with Gasteiger partial charge in [-0.25, -0.2) is 0 Å². The van der Waals surface area contributed by atoms with E-state index in [2.05, 4.69) is 32.7 Å². The van der Waals surface area contributed by atoms with Gasteiger partial charge in [0.15, 0.2) is 0 Å². The van der Waals surface area contributed by atoms with Gasteiger partial charge >= 0.3 is 0 Å². The summed E-state index contributed by atoms with van der Waals surface area (Å²) in [4.78, 5) is 16.4. The molecule has 0 aromatic heterocycles. The van der Waals surface area contributed by atoms with Crippen LogP contribution in [0.3, 0.4) is 0 Å². The van der Waals surface area contributed by atoms with Gasteiger partial charge in [0, 0.05) is 19.5 Å². The van der Waals surface area contributed by atoms with Crippen molar-refractivity contribution < 1.29 is 4.79 Å². The molecule has 1 saturated heterocycles. The molecule has 22 heavy (non-hydrogen) atoms. The average Bonchev–Trinajstić information content (AvgIpc) is 2.87. The summed E-state index contributed by atoms with van der Waals surface area (Å²) in [6.45, 7) is 2.52. The highest BCUT2D eigenvalue weighted by Crippen LogP contribution is 2.63. The van der Waals surface area contributed by atoms with Crippen LogP contribution in [0.1, 0.15) is 58.3 Å². The average molecular weight is 366 g/mol. The molecule has 0 N–H and O–H groups in total. The van der Waals surface area contributed by atoms with E-state index in [0.717, 1.165) is 36.5 Å². The van der Waals surface area contributed by atoms with Crippen LogP contribution in [0.5, 0.6) is 0 Å². The summed E-state index contributed by atoms with van der Waals surface area (Å²) in [7, 11) is 2.05. The second kappa shape index (κ2) is 5.36. The molecule has 0 aromatic carbocycles. The van der Waals surface area contributed by atoms with Gasteiger partial charge in [0.2, 0.25) is 5.91 Å². The van der Waals surface area contributed by atoms with Crippen molar-refractivity contribution in [1.82, 2.24) is 4.90 Å². The first-order valence-electron chi connectivity index (χ1n) is 9.11. The van der Waals surface area contributed by atoms with Crippen LogP contribution < -0.4 is 0 Å². The monoisotopic (exact) mass is 365 g/mol. The lowest BCUT2D eigenvalue weighted by molar-refractivity contribution is -0.143. The number of allylic oxidation sites excluding steroid dienone is 1. The number of hydrogen-bond donors (Lipinski definition) is 0. The molecule has 0 bridgehead atoms. The summed E-state index contributed by atoms with van der Waals surface area (Å²) < 4.78 is 0. The number of fused-ring (bicyclic) bond motifs is 5. The van der Waals surface area contributed by atoms with Crippen LogP contribution in [0.25, 0.3) is 0 Å². The van der Waals surface area contributed by atoms with Crippen LogP contribution in [0.4, 0.5) is 0 Å². The van der Waals surface area contributed by atoms with Crippen molar-refractivity contribution in [2.24, 2.45) is 29.1 Å². The van der Waals surface area contributed by atoms with Gasteiger partial charge in [0.25, 0.3) is 0 Å². The summed E-state index contributed by atoms with van der Waals surface area (Å²) in [5.74, 6) is 3.83. The lowest BCUT2D eigenvalue weighted by atomic mass is 9.52. The fourth-order valence-corrected chi connectivity index (χ4v) is 7.44. The van der Waals surface area contributed by atoms with Crippen molar-refractivity contribution in [1.29, 1.82) is 0 Å². The number of likely N-dealkylation sites (tertiary alicyclic amines) is 1. The first-order chi connectivity index (χ1) is 10.6. The SMILES string of the molecule is CN1C(=O)CC[C@@H]2[C@H]3CC[C@]4(C)/C(=C/Br)CC[C@H]4[C@@H]3CC[C@H]21. The largest absolute Gasteiger partial charge is 0.342 e. The fourth-order valence-electron chi connectivity index (χ4n) is 6.69. The molecule has 4 rings (SSSR count). The Labute approximate surface area is 142 Å². The van der Waals surface area contributed by atoms with Gasteiger partial charge in [0.1, 0.15) is 0 Å². The summed E-state index contributed by atoms with van der Waals surface area (Å²) in [6.07, 6.45) is 9.95. The molecule has 3 heteroatoms. The second-order valence-corrected chi connectivity index (χ2v) is 8.87. The van der Waals surface area contributed by atoms with Crippen LogP contribution in [0.15, 0.2) is 10.6 Å². The minimum absolute atomic E-state index is 0.380. The van der Waals surface area contributed by atoms with E-state index >= 15 is 0 Å².